The Bertz CT molecular complexity index is 1010. The molecule has 29 heavy (non-hydrogen) atoms. The minimum Gasteiger partial charge on any atom is -0.393 e. The molecule has 0 radical (unpaired) electrons. The monoisotopic (exact) mass is 409 g/mol. The number of pyridine rings is 2. The van der Waals surface area contributed by atoms with Crippen molar-refractivity contribution < 1.29 is 9.90 Å². The maximum atomic E-state index is 12.8. The van der Waals surface area contributed by atoms with Gasteiger partial charge in [-0.1, -0.05) is 48.7 Å². The van der Waals surface area contributed by atoms with Gasteiger partial charge < -0.3 is 10.4 Å². The van der Waals surface area contributed by atoms with E-state index in [1.54, 1.807) is 12.3 Å². The third-order valence-electron chi connectivity index (χ3n) is 5.61. The molecule has 1 aromatic carbocycles. The Morgan fingerprint density at radius 1 is 1.17 bits per heavy atom. The minimum atomic E-state index is -0.332. The lowest BCUT2D eigenvalue weighted by molar-refractivity contribution is 0.0661. The van der Waals surface area contributed by atoms with Gasteiger partial charge >= 0.3 is 0 Å². The van der Waals surface area contributed by atoms with Gasteiger partial charge in [-0.2, -0.15) is 0 Å². The Morgan fingerprint density at radius 2 is 2.00 bits per heavy atom. The van der Waals surface area contributed by atoms with Gasteiger partial charge in [0.05, 0.1) is 11.6 Å². The summed E-state index contributed by atoms with van der Waals surface area (Å²) in [6.07, 6.45) is 5.97. The van der Waals surface area contributed by atoms with Gasteiger partial charge in [-0.25, -0.2) is 9.97 Å². The molecule has 2 N–H and O–H groups in total. The summed E-state index contributed by atoms with van der Waals surface area (Å²) in [6.45, 7) is 0.477. The molecular formula is C23H24ClN3O2. The van der Waals surface area contributed by atoms with Crippen LogP contribution in [0.25, 0.3) is 10.9 Å². The second kappa shape index (κ2) is 8.89. The van der Waals surface area contributed by atoms with E-state index in [1.165, 1.54) is 0 Å². The van der Waals surface area contributed by atoms with E-state index in [2.05, 4.69) is 15.3 Å². The molecule has 1 fully saturated rings. The van der Waals surface area contributed by atoms with Crippen molar-refractivity contribution in [1.82, 2.24) is 15.3 Å². The number of para-hydroxylation sites is 1. The number of hydrogen-bond donors (Lipinski definition) is 2. The van der Waals surface area contributed by atoms with Crippen molar-refractivity contribution in [3.8, 4) is 0 Å². The Morgan fingerprint density at radius 3 is 2.79 bits per heavy atom. The standard InChI is InChI=1S/C23H24ClN3O2/c24-22-10-9-15(13-25-22)11-17-12-20(27-19-7-3-2-6-18(17)19)23(29)26-14-16-5-1-4-8-21(16)28/h2-3,6-7,9-10,12-13,16,21,28H,1,4-5,8,11,14H2,(H,26,29)/t16?,21-/m0/s1. The lowest BCUT2D eigenvalue weighted by atomic mass is 9.86. The fourth-order valence-corrected chi connectivity index (χ4v) is 4.09. The summed E-state index contributed by atoms with van der Waals surface area (Å²) in [5.74, 6) is -0.0863. The van der Waals surface area contributed by atoms with Crippen LogP contribution in [-0.4, -0.2) is 33.6 Å². The molecular weight excluding hydrogens is 386 g/mol. The second-order valence-corrected chi connectivity index (χ2v) is 8.06. The van der Waals surface area contributed by atoms with Gasteiger partial charge in [-0.15, -0.1) is 0 Å². The molecule has 1 aliphatic rings. The fraction of sp³-hybridized carbons (Fsp3) is 0.348. The number of hydrogen-bond acceptors (Lipinski definition) is 4. The Balaban J connectivity index is 1.57. The summed E-state index contributed by atoms with van der Waals surface area (Å²) >= 11 is 5.89. The molecule has 1 saturated carbocycles. The summed E-state index contributed by atoms with van der Waals surface area (Å²) in [4.78, 5) is 21.5. The number of fused-ring (bicyclic) bond motifs is 1. The van der Waals surface area contributed by atoms with Crippen LogP contribution in [0.5, 0.6) is 0 Å². The van der Waals surface area contributed by atoms with Crippen LogP contribution in [0.3, 0.4) is 0 Å². The molecule has 1 amide bonds. The molecule has 150 valence electrons. The van der Waals surface area contributed by atoms with Crippen LogP contribution in [0.4, 0.5) is 0 Å². The molecule has 0 spiro atoms. The van der Waals surface area contributed by atoms with Crippen molar-refractivity contribution in [2.75, 3.05) is 6.54 Å². The van der Waals surface area contributed by atoms with E-state index in [0.29, 0.717) is 23.8 Å². The molecule has 0 aliphatic heterocycles. The number of halogens is 1. The third kappa shape index (κ3) is 4.74. The van der Waals surface area contributed by atoms with Gasteiger partial charge in [0.15, 0.2) is 0 Å². The van der Waals surface area contributed by atoms with E-state index in [1.807, 2.05) is 36.4 Å². The molecule has 0 bridgehead atoms. The van der Waals surface area contributed by atoms with Gasteiger partial charge in [0, 0.05) is 24.0 Å². The predicted molar refractivity (Wildman–Crippen MR) is 114 cm³/mol. The zero-order chi connectivity index (χ0) is 20.2. The van der Waals surface area contributed by atoms with Gasteiger partial charge in [0.2, 0.25) is 0 Å². The van der Waals surface area contributed by atoms with Crippen LogP contribution in [-0.2, 0) is 6.42 Å². The third-order valence-corrected chi connectivity index (χ3v) is 5.84. The van der Waals surface area contributed by atoms with Crippen LogP contribution in [0.1, 0.15) is 47.3 Å². The van der Waals surface area contributed by atoms with Gasteiger partial charge in [0.1, 0.15) is 10.8 Å². The van der Waals surface area contributed by atoms with Gasteiger partial charge in [-0.05, 0) is 48.6 Å². The average Bonchev–Trinajstić information content (AvgIpc) is 2.74. The van der Waals surface area contributed by atoms with E-state index in [0.717, 1.165) is 47.7 Å². The molecule has 2 aromatic heterocycles. The van der Waals surface area contributed by atoms with Crippen molar-refractivity contribution in [2.24, 2.45) is 5.92 Å². The Hall–Kier alpha value is -2.50. The van der Waals surface area contributed by atoms with Gasteiger partial charge in [-0.3, -0.25) is 4.79 Å². The highest BCUT2D eigenvalue weighted by Gasteiger charge is 2.24. The SMILES string of the molecule is O=C(NCC1CCCC[C@@H]1O)c1cc(Cc2ccc(Cl)nc2)c2ccccc2n1. The van der Waals surface area contributed by atoms with Gasteiger partial charge in [0.25, 0.3) is 5.91 Å². The number of carbonyl (C=O) groups excluding carboxylic acids is 1. The van der Waals surface area contributed by atoms with E-state index in [4.69, 9.17) is 11.6 Å². The lowest BCUT2D eigenvalue weighted by Crippen LogP contribution is -2.37. The molecule has 4 rings (SSSR count). The molecule has 1 unspecified atom stereocenters. The molecule has 5 nitrogen and oxygen atoms in total. The zero-order valence-corrected chi connectivity index (χ0v) is 16.9. The van der Waals surface area contributed by atoms with E-state index in [9.17, 15) is 9.90 Å². The smallest absolute Gasteiger partial charge is 0.269 e. The van der Waals surface area contributed by atoms with Crippen LogP contribution >= 0.6 is 11.6 Å². The summed E-state index contributed by atoms with van der Waals surface area (Å²) in [6, 6.07) is 13.4. The largest absolute Gasteiger partial charge is 0.393 e. The number of amides is 1. The second-order valence-electron chi connectivity index (χ2n) is 7.67. The minimum absolute atomic E-state index is 0.118. The number of rotatable bonds is 5. The first-order chi connectivity index (χ1) is 14.1. The number of carbonyl (C=O) groups is 1. The average molecular weight is 410 g/mol. The predicted octanol–water partition coefficient (Wildman–Crippen LogP) is 4.15. The molecule has 1 aliphatic carbocycles. The highest BCUT2D eigenvalue weighted by Crippen LogP contribution is 2.24. The number of nitrogens with zero attached hydrogens (tertiary/aromatic N) is 2. The topological polar surface area (TPSA) is 75.1 Å². The maximum absolute atomic E-state index is 12.8. The van der Waals surface area contributed by atoms with Crippen molar-refractivity contribution in [1.29, 1.82) is 0 Å². The summed E-state index contributed by atoms with van der Waals surface area (Å²) in [5.41, 5.74) is 3.21. The summed E-state index contributed by atoms with van der Waals surface area (Å²) in [7, 11) is 0. The molecule has 6 heteroatoms. The maximum Gasteiger partial charge on any atom is 0.269 e. The number of benzene rings is 1. The fourth-order valence-electron chi connectivity index (χ4n) is 3.98. The van der Waals surface area contributed by atoms with E-state index < -0.39 is 0 Å². The Labute approximate surface area is 175 Å². The van der Waals surface area contributed by atoms with Crippen molar-refractivity contribution in [2.45, 2.75) is 38.2 Å². The molecule has 0 saturated heterocycles. The van der Waals surface area contributed by atoms with Crippen LogP contribution < -0.4 is 5.32 Å². The Kier molecular flexibility index (Phi) is 6.07. The highest BCUT2D eigenvalue weighted by molar-refractivity contribution is 6.29. The van der Waals surface area contributed by atoms with Crippen molar-refractivity contribution >= 4 is 28.4 Å². The highest BCUT2D eigenvalue weighted by atomic mass is 35.5. The molecule has 3 aromatic rings. The summed E-state index contributed by atoms with van der Waals surface area (Å²) < 4.78 is 0. The summed E-state index contributed by atoms with van der Waals surface area (Å²) in [5, 5.41) is 14.6. The molecule has 2 atom stereocenters. The number of aliphatic hydroxyl groups is 1. The van der Waals surface area contributed by atoms with Crippen molar-refractivity contribution in [3.63, 3.8) is 0 Å². The number of aliphatic hydroxyl groups excluding tert-OH is 1. The van der Waals surface area contributed by atoms with E-state index in [-0.39, 0.29) is 17.9 Å². The van der Waals surface area contributed by atoms with Crippen LogP contribution in [0.2, 0.25) is 5.15 Å². The first-order valence-corrected chi connectivity index (χ1v) is 10.4. The quantitative estimate of drug-likeness (QED) is 0.620. The molecule has 2 heterocycles. The first kappa shape index (κ1) is 19.8. The van der Waals surface area contributed by atoms with Crippen LogP contribution in [0, 0.1) is 5.92 Å². The number of aromatic nitrogens is 2. The lowest BCUT2D eigenvalue weighted by Gasteiger charge is -2.27. The first-order valence-electron chi connectivity index (χ1n) is 10.1. The van der Waals surface area contributed by atoms with Crippen LogP contribution in [0.15, 0.2) is 48.7 Å². The zero-order valence-electron chi connectivity index (χ0n) is 16.1. The normalized spacial score (nSPS) is 19.2. The van der Waals surface area contributed by atoms with E-state index >= 15 is 0 Å². The van der Waals surface area contributed by atoms with Crippen molar-refractivity contribution in [3.05, 3.63) is 70.6 Å². The number of nitrogens with one attached hydrogen (secondary N) is 1.